The van der Waals surface area contributed by atoms with E-state index in [1.165, 1.54) is 0 Å². The van der Waals surface area contributed by atoms with Gasteiger partial charge < -0.3 is 15.7 Å². The summed E-state index contributed by atoms with van der Waals surface area (Å²) < 4.78 is 0. The van der Waals surface area contributed by atoms with Crippen LogP contribution in [0.4, 0.5) is 11.4 Å². The molecule has 84 valence electrons. The number of aliphatic hydroxyl groups excluding tert-OH is 1. The van der Waals surface area contributed by atoms with E-state index in [0.717, 1.165) is 22.1 Å². The number of nitrogens with zero attached hydrogens (tertiary/aromatic N) is 2. The number of hydrogen-bond donors (Lipinski definition) is 2. The highest BCUT2D eigenvalue weighted by Crippen LogP contribution is 2.29. The van der Waals surface area contributed by atoms with Gasteiger partial charge in [0.05, 0.1) is 6.61 Å². The lowest BCUT2D eigenvalue weighted by atomic mass is 10.1. The second-order valence-corrected chi connectivity index (χ2v) is 3.74. The van der Waals surface area contributed by atoms with Crippen LogP contribution in [0, 0.1) is 0 Å². The molecular formula is C12H15N3O. The number of nitrogens with two attached hydrogens (primary N) is 1. The third-order valence-electron chi connectivity index (χ3n) is 2.68. The maximum absolute atomic E-state index is 8.94. The Labute approximate surface area is 94.3 Å². The van der Waals surface area contributed by atoms with Gasteiger partial charge in [0.1, 0.15) is 0 Å². The fourth-order valence-corrected chi connectivity index (χ4v) is 1.80. The molecule has 0 aliphatic rings. The lowest BCUT2D eigenvalue weighted by Crippen LogP contribution is -2.21. The first-order valence-corrected chi connectivity index (χ1v) is 5.18. The molecule has 2 aromatic rings. The predicted molar refractivity (Wildman–Crippen MR) is 66.5 cm³/mol. The third kappa shape index (κ3) is 1.79. The Bertz CT molecular complexity index is 499. The van der Waals surface area contributed by atoms with Crippen molar-refractivity contribution in [1.29, 1.82) is 0 Å². The molecule has 1 aromatic carbocycles. The van der Waals surface area contributed by atoms with Crippen LogP contribution in [0.1, 0.15) is 0 Å². The van der Waals surface area contributed by atoms with Gasteiger partial charge in [-0.05, 0) is 18.2 Å². The first-order chi connectivity index (χ1) is 7.74. The predicted octanol–water partition coefficient (Wildman–Crippen LogP) is 1.25. The van der Waals surface area contributed by atoms with Gasteiger partial charge in [-0.3, -0.25) is 4.98 Å². The number of rotatable bonds is 3. The van der Waals surface area contributed by atoms with Crippen LogP contribution >= 0.6 is 0 Å². The molecule has 1 heterocycles. The molecule has 0 atom stereocenters. The normalized spacial score (nSPS) is 10.6. The highest BCUT2D eigenvalue weighted by molar-refractivity contribution is 6.00. The van der Waals surface area contributed by atoms with Crippen molar-refractivity contribution in [3.05, 3.63) is 30.6 Å². The fourth-order valence-electron chi connectivity index (χ4n) is 1.80. The van der Waals surface area contributed by atoms with Gasteiger partial charge in [-0.1, -0.05) is 0 Å². The molecule has 0 saturated carbocycles. The molecule has 4 heteroatoms. The molecule has 4 nitrogen and oxygen atoms in total. The summed E-state index contributed by atoms with van der Waals surface area (Å²) in [5, 5.41) is 11.0. The molecule has 0 aliphatic heterocycles. The second kappa shape index (κ2) is 4.37. The SMILES string of the molecule is CN(CCO)c1ccc(N)c2ccncc12. The number of nitrogen functional groups attached to an aromatic ring is 1. The van der Waals surface area contributed by atoms with Gasteiger partial charge in [-0.25, -0.2) is 0 Å². The quantitative estimate of drug-likeness (QED) is 0.759. The Morgan fingerprint density at radius 1 is 1.31 bits per heavy atom. The summed E-state index contributed by atoms with van der Waals surface area (Å²) in [7, 11) is 1.94. The van der Waals surface area contributed by atoms with E-state index >= 15 is 0 Å². The molecule has 0 amide bonds. The van der Waals surface area contributed by atoms with E-state index in [1.807, 2.05) is 30.1 Å². The maximum Gasteiger partial charge on any atom is 0.0606 e. The number of likely N-dealkylation sites (N-methyl/N-ethyl adjacent to an activating group) is 1. The largest absolute Gasteiger partial charge is 0.398 e. The van der Waals surface area contributed by atoms with Gasteiger partial charge in [0.25, 0.3) is 0 Å². The zero-order valence-electron chi connectivity index (χ0n) is 9.22. The Morgan fingerprint density at radius 2 is 2.12 bits per heavy atom. The Morgan fingerprint density at radius 3 is 2.88 bits per heavy atom. The van der Waals surface area contributed by atoms with Crippen molar-refractivity contribution in [2.24, 2.45) is 0 Å². The molecule has 0 saturated heterocycles. The Hall–Kier alpha value is -1.81. The zero-order chi connectivity index (χ0) is 11.5. The molecule has 0 spiro atoms. The van der Waals surface area contributed by atoms with E-state index in [-0.39, 0.29) is 6.61 Å². The number of anilines is 2. The minimum absolute atomic E-state index is 0.128. The molecule has 1 aromatic heterocycles. The molecule has 0 radical (unpaired) electrons. The summed E-state index contributed by atoms with van der Waals surface area (Å²) in [6, 6.07) is 5.74. The van der Waals surface area contributed by atoms with E-state index < -0.39 is 0 Å². The molecular weight excluding hydrogens is 202 g/mol. The first-order valence-electron chi connectivity index (χ1n) is 5.18. The van der Waals surface area contributed by atoms with Crippen LogP contribution in [-0.2, 0) is 0 Å². The highest BCUT2D eigenvalue weighted by atomic mass is 16.3. The monoisotopic (exact) mass is 217 g/mol. The summed E-state index contributed by atoms with van der Waals surface area (Å²) >= 11 is 0. The first kappa shape index (κ1) is 10.7. The number of aromatic nitrogens is 1. The van der Waals surface area contributed by atoms with Crippen LogP contribution in [0.5, 0.6) is 0 Å². The molecule has 0 fully saturated rings. The average molecular weight is 217 g/mol. The maximum atomic E-state index is 8.94. The van der Waals surface area contributed by atoms with E-state index in [9.17, 15) is 0 Å². The molecule has 3 N–H and O–H groups in total. The van der Waals surface area contributed by atoms with Crippen molar-refractivity contribution in [3.8, 4) is 0 Å². The Kier molecular flexibility index (Phi) is 2.92. The van der Waals surface area contributed by atoms with Crippen LogP contribution < -0.4 is 10.6 Å². The number of benzene rings is 1. The number of fused-ring (bicyclic) bond motifs is 1. The van der Waals surface area contributed by atoms with Gasteiger partial charge >= 0.3 is 0 Å². The van der Waals surface area contributed by atoms with Gasteiger partial charge in [0, 0.05) is 48.1 Å². The number of pyridine rings is 1. The van der Waals surface area contributed by atoms with Crippen molar-refractivity contribution in [1.82, 2.24) is 4.98 Å². The number of aliphatic hydroxyl groups is 1. The van der Waals surface area contributed by atoms with Crippen molar-refractivity contribution >= 4 is 22.1 Å². The van der Waals surface area contributed by atoms with Crippen molar-refractivity contribution in [2.45, 2.75) is 0 Å². The van der Waals surface area contributed by atoms with E-state index in [2.05, 4.69) is 4.98 Å². The Balaban J connectivity index is 2.58. The standard InChI is InChI=1S/C12H15N3O/c1-15(6-7-16)12-3-2-11(13)9-4-5-14-8-10(9)12/h2-5,8,16H,6-7,13H2,1H3. The van der Waals surface area contributed by atoms with Gasteiger partial charge in [-0.2, -0.15) is 0 Å². The van der Waals surface area contributed by atoms with Crippen molar-refractivity contribution in [3.63, 3.8) is 0 Å². The van der Waals surface area contributed by atoms with Crippen LogP contribution in [-0.4, -0.2) is 30.3 Å². The number of hydrogen-bond acceptors (Lipinski definition) is 4. The fraction of sp³-hybridized carbons (Fsp3) is 0.250. The highest BCUT2D eigenvalue weighted by Gasteiger charge is 2.07. The average Bonchev–Trinajstić information content (AvgIpc) is 2.30. The molecule has 16 heavy (non-hydrogen) atoms. The molecule has 2 rings (SSSR count). The minimum atomic E-state index is 0.128. The topological polar surface area (TPSA) is 62.4 Å². The van der Waals surface area contributed by atoms with Crippen molar-refractivity contribution in [2.75, 3.05) is 30.8 Å². The van der Waals surface area contributed by atoms with E-state index in [1.54, 1.807) is 12.4 Å². The van der Waals surface area contributed by atoms with Crippen LogP contribution in [0.25, 0.3) is 10.8 Å². The lowest BCUT2D eigenvalue weighted by Gasteiger charge is -2.20. The summed E-state index contributed by atoms with van der Waals surface area (Å²) in [5.41, 5.74) is 7.69. The lowest BCUT2D eigenvalue weighted by molar-refractivity contribution is 0.304. The van der Waals surface area contributed by atoms with Crippen LogP contribution in [0.3, 0.4) is 0 Å². The van der Waals surface area contributed by atoms with Gasteiger partial charge in [0.15, 0.2) is 0 Å². The van der Waals surface area contributed by atoms with Gasteiger partial charge in [-0.15, -0.1) is 0 Å². The molecule has 0 unspecified atom stereocenters. The summed E-state index contributed by atoms with van der Waals surface area (Å²) in [4.78, 5) is 6.10. The summed E-state index contributed by atoms with van der Waals surface area (Å²) in [6.45, 7) is 0.719. The summed E-state index contributed by atoms with van der Waals surface area (Å²) in [5.74, 6) is 0. The van der Waals surface area contributed by atoms with Gasteiger partial charge in [0.2, 0.25) is 0 Å². The van der Waals surface area contributed by atoms with Crippen molar-refractivity contribution < 1.29 is 5.11 Å². The van der Waals surface area contributed by atoms with E-state index in [0.29, 0.717) is 6.54 Å². The molecule has 0 bridgehead atoms. The second-order valence-electron chi connectivity index (χ2n) is 3.74. The van der Waals surface area contributed by atoms with E-state index in [4.69, 9.17) is 10.8 Å². The smallest absolute Gasteiger partial charge is 0.0606 e. The zero-order valence-corrected chi connectivity index (χ0v) is 9.22. The summed E-state index contributed by atoms with van der Waals surface area (Å²) in [6.07, 6.45) is 3.53. The molecule has 0 aliphatic carbocycles. The van der Waals surface area contributed by atoms with Crippen LogP contribution in [0.15, 0.2) is 30.6 Å². The van der Waals surface area contributed by atoms with Crippen LogP contribution in [0.2, 0.25) is 0 Å². The minimum Gasteiger partial charge on any atom is -0.398 e. The third-order valence-corrected chi connectivity index (χ3v) is 2.68.